The highest BCUT2D eigenvalue weighted by Gasteiger charge is 2.08. The van der Waals surface area contributed by atoms with Crippen molar-refractivity contribution in [2.24, 2.45) is 0 Å². The maximum atomic E-state index is 11.3. The van der Waals surface area contributed by atoms with Gasteiger partial charge in [-0.1, -0.05) is 0 Å². The second kappa shape index (κ2) is 7.48. The van der Waals surface area contributed by atoms with Gasteiger partial charge in [-0.3, -0.25) is 9.59 Å². The second-order valence-electron chi connectivity index (χ2n) is 4.49. The Balaban J connectivity index is 3.23. The summed E-state index contributed by atoms with van der Waals surface area (Å²) in [5.41, 5.74) is 2.33. The van der Waals surface area contributed by atoms with E-state index in [1.165, 1.54) is 6.92 Å². The molecule has 1 aromatic carbocycles. The van der Waals surface area contributed by atoms with Crippen molar-refractivity contribution in [3.05, 3.63) is 29.3 Å². The van der Waals surface area contributed by atoms with Crippen LogP contribution in [0.15, 0.2) is 23.8 Å². The van der Waals surface area contributed by atoms with Gasteiger partial charge in [-0.05, 0) is 51.5 Å². The molecule has 0 aliphatic heterocycles. The van der Waals surface area contributed by atoms with Crippen molar-refractivity contribution < 1.29 is 14.3 Å². The van der Waals surface area contributed by atoms with Crippen LogP contribution in [0.3, 0.4) is 0 Å². The van der Waals surface area contributed by atoms with E-state index >= 15 is 0 Å². The summed E-state index contributed by atoms with van der Waals surface area (Å²) in [6, 6.07) is 5.64. The van der Waals surface area contributed by atoms with E-state index in [2.05, 4.69) is 18.7 Å². The lowest BCUT2D eigenvalue weighted by molar-refractivity contribution is -0.120. The van der Waals surface area contributed by atoms with Crippen LogP contribution in [0, 0.1) is 0 Å². The van der Waals surface area contributed by atoms with Crippen LogP contribution in [-0.4, -0.2) is 25.3 Å². The minimum absolute atomic E-state index is 0.00475. The number of carbonyl (C=O) groups is 2. The van der Waals surface area contributed by atoms with Gasteiger partial charge in [0.15, 0.2) is 5.78 Å². The van der Waals surface area contributed by atoms with Crippen LogP contribution in [0.5, 0.6) is 5.75 Å². The van der Waals surface area contributed by atoms with Crippen LogP contribution in [0.25, 0.3) is 6.08 Å². The minimum atomic E-state index is -0.00475. The van der Waals surface area contributed by atoms with Gasteiger partial charge in [0.25, 0.3) is 6.47 Å². The van der Waals surface area contributed by atoms with Gasteiger partial charge in [-0.15, -0.1) is 0 Å². The van der Waals surface area contributed by atoms with Gasteiger partial charge in [-0.2, -0.15) is 0 Å². The third kappa shape index (κ3) is 3.95. The van der Waals surface area contributed by atoms with Gasteiger partial charge in [0.05, 0.1) is 0 Å². The van der Waals surface area contributed by atoms with Crippen molar-refractivity contribution in [3.63, 3.8) is 0 Å². The molecule has 0 aromatic heterocycles. The Morgan fingerprint density at radius 1 is 1.25 bits per heavy atom. The lowest BCUT2D eigenvalue weighted by atomic mass is 10.1. The largest absolute Gasteiger partial charge is 0.428 e. The summed E-state index contributed by atoms with van der Waals surface area (Å²) >= 11 is 0. The Labute approximate surface area is 120 Å². The van der Waals surface area contributed by atoms with E-state index in [9.17, 15) is 9.59 Å². The molecule has 0 unspecified atom stereocenters. The number of benzene rings is 1. The summed E-state index contributed by atoms with van der Waals surface area (Å²) in [6.07, 6.45) is 1.73. The molecule has 0 atom stereocenters. The maximum absolute atomic E-state index is 11.3. The Morgan fingerprint density at radius 2 is 1.90 bits per heavy atom. The fourth-order valence-corrected chi connectivity index (χ4v) is 1.92. The highest BCUT2D eigenvalue weighted by molar-refractivity contribution is 5.97. The maximum Gasteiger partial charge on any atom is 0.298 e. The fraction of sp³-hybridized carbons (Fsp3) is 0.375. The standard InChI is InChI=1S/C16H21NO3/c1-5-17(6-2)15-8-7-14(9-12(3)13(4)19)16(10-15)20-11-18/h7-11H,5-6H2,1-4H3/b12-9+. The number of allylic oxidation sites excluding steroid dienone is 1. The molecule has 0 saturated carbocycles. The molecule has 0 saturated heterocycles. The third-order valence-corrected chi connectivity index (χ3v) is 3.23. The van der Waals surface area contributed by atoms with Gasteiger partial charge in [0, 0.05) is 30.4 Å². The van der Waals surface area contributed by atoms with Gasteiger partial charge in [0.1, 0.15) is 5.75 Å². The average Bonchev–Trinajstić information content (AvgIpc) is 2.42. The first-order valence-electron chi connectivity index (χ1n) is 6.72. The van der Waals surface area contributed by atoms with Crippen molar-refractivity contribution in [1.29, 1.82) is 0 Å². The molecule has 0 aliphatic rings. The quantitative estimate of drug-likeness (QED) is 0.567. The molecule has 4 heteroatoms. The lowest BCUT2D eigenvalue weighted by Crippen LogP contribution is -2.21. The topological polar surface area (TPSA) is 46.6 Å². The number of hydrogen-bond donors (Lipinski definition) is 0. The molecular formula is C16H21NO3. The molecular weight excluding hydrogens is 254 g/mol. The van der Waals surface area contributed by atoms with E-state index in [0.29, 0.717) is 17.8 Å². The average molecular weight is 275 g/mol. The number of hydrogen-bond acceptors (Lipinski definition) is 4. The normalized spacial score (nSPS) is 11.1. The molecule has 20 heavy (non-hydrogen) atoms. The molecule has 0 fully saturated rings. The molecule has 0 radical (unpaired) electrons. The number of ether oxygens (including phenoxy) is 1. The van der Waals surface area contributed by atoms with E-state index < -0.39 is 0 Å². The van der Waals surface area contributed by atoms with Crippen molar-refractivity contribution in [2.45, 2.75) is 27.7 Å². The summed E-state index contributed by atoms with van der Waals surface area (Å²) in [4.78, 5) is 24.1. The van der Waals surface area contributed by atoms with Crippen LogP contribution in [0.1, 0.15) is 33.3 Å². The van der Waals surface area contributed by atoms with Crippen LogP contribution in [0.4, 0.5) is 5.69 Å². The molecule has 0 heterocycles. The monoisotopic (exact) mass is 275 g/mol. The van der Waals surface area contributed by atoms with E-state index in [0.717, 1.165) is 24.3 Å². The summed E-state index contributed by atoms with van der Waals surface area (Å²) in [7, 11) is 0. The number of anilines is 1. The highest BCUT2D eigenvalue weighted by Crippen LogP contribution is 2.27. The number of Topliss-reactive ketones (excluding diaryl/α,β-unsaturated/α-hetero) is 1. The SMILES string of the molecule is CCN(CC)c1ccc(/C=C(\C)C(C)=O)c(OC=O)c1. The van der Waals surface area contributed by atoms with Crippen molar-refractivity contribution in [3.8, 4) is 5.75 Å². The smallest absolute Gasteiger partial charge is 0.298 e. The zero-order chi connectivity index (χ0) is 15.1. The van der Waals surface area contributed by atoms with Crippen molar-refractivity contribution in [2.75, 3.05) is 18.0 Å². The second-order valence-corrected chi connectivity index (χ2v) is 4.49. The Kier molecular flexibility index (Phi) is 5.97. The van der Waals surface area contributed by atoms with Crippen molar-refractivity contribution in [1.82, 2.24) is 0 Å². The fourth-order valence-electron chi connectivity index (χ4n) is 1.92. The molecule has 0 aliphatic carbocycles. The van der Waals surface area contributed by atoms with Gasteiger partial charge in [0.2, 0.25) is 0 Å². The molecule has 0 bridgehead atoms. The van der Waals surface area contributed by atoms with Crippen LogP contribution in [-0.2, 0) is 9.59 Å². The van der Waals surface area contributed by atoms with Crippen LogP contribution in [0.2, 0.25) is 0 Å². The van der Waals surface area contributed by atoms with Gasteiger partial charge in [-0.25, -0.2) is 0 Å². The third-order valence-electron chi connectivity index (χ3n) is 3.23. The molecule has 1 rings (SSSR count). The number of ketones is 1. The Hall–Kier alpha value is -2.10. The predicted octanol–water partition coefficient (Wildman–Crippen LogP) is 3.06. The summed E-state index contributed by atoms with van der Waals surface area (Å²) in [5, 5.41) is 0. The first-order chi connectivity index (χ1) is 9.53. The molecule has 0 spiro atoms. The molecule has 4 nitrogen and oxygen atoms in total. The zero-order valence-corrected chi connectivity index (χ0v) is 12.5. The molecule has 1 aromatic rings. The number of carbonyl (C=O) groups excluding carboxylic acids is 2. The summed E-state index contributed by atoms with van der Waals surface area (Å²) < 4.78 is 5.03. The van der Waals surface area contributed by atoms with Crippen LogP contribution >= 0.6 is 0 Å². The van der Waals surface area contributed by atoms with E-state index in [1.807, 2.05) is 18.2 Å². The van der Waals surface area contributed by atoms with Gasteiger partial charge >= 0.3 is 0 Å². The molecule has 108 valence electrons. The molecule has 0 amide bonds. The number of nitrogens with zero attached hydrogens (tertiary/aromatic N) is 1. The van der Waals surface area contributed by atoms with Gasteiger partial charge < -0.3 is 9.64 Å². The number of rotatable bonds is 7. The molecule has 0 N–H and O–H groups in total. The van der Waals surface area contributed by atoms with E-state index in [1.54, 1.807) is 13.0 Å². The minimum Gasteiger partial charge on any atom is -0.428 e. The van der Waals surface area contributed by atoms with E-state index in [-0.39, 0.29) is 5.78 Å². The highest BCUT2D eigenvalue weighted by atomic mass is 16.5. The first kappa shape index (κ1) is 16.0. The Morgan fingerprint density at radius 3 is 2.40 bits per heavy atom. The predicted molar refractivity (Wildman–Crippen MR) is 81.0 cm³/mol. The van der Waals surface area contributed by atoms with Crippen LogP contribution < -0.4 is 9.64 Å². The summed E-state index contributed by atoms with van der Waals surface area (Å²) in [5.74, 6) is 0.458. The Bertz CT molecular complexity index is 516. The summed E-state index contributed by atoms with van der Waals surface area (Å²) in [6.45, 7) is 9.54. The van der Waals surface area contributed by atoms with Crippen molar-refractivity contribution >= 4 is 24.0 Å². The lowest BCUT2D eigenvalue weighted by Gasteiger charge is -2.21. The zero-order valence-electron chi connectivity index (χ0n) is 12.5. The van der Waals surface area contributed by atoms with E-state index in [4.69, 9.17) is 4.74 Å². The first-order valence-corrected chi connectivity index (χ1v) is 6.72.